The number of aliphatic hydroxyl groups is 1. The number of aromatic nitrogens is 2. The van der Waals surface area contributed by atoms with Gasteiger partial charge in [-0.15, -0.1) is 0 Å². The Bertz CT molecular complexity index is 756. The molecule has 2 amide bonds. The van der Waals surface area contributed by atoms with E-state index in [4.69, 9.17) is 0 Å². The minimum atomic E-state index is -0.286. The second-order valence-electron chi connectivity index (χ2n) is 6.80. The normalized spacial score (nSPS) is 17.9. The Kier molecular flexibility index (Phi) is 5.08. The van der Waals surface area contributed by atoms with Gasteiger partial charge in [0.15, 0.2) is 0 Å². The number of hydrogen-bond donors (Lipinski definition) is 2. The van der Waals surface area contributed by atoms with Crippen LogP contribution in [0.1, 0.15) is 35.5 Å². The maximum Gasteiger partial charge on any atom is 0.318 e. The lowest BCUT2D eigenvalue weighted by atomic mass is 9.93. The third kappa shape index (κ3) is 3.69. The molecule has 0 fully saturated rings. The van der Waals surface area contributed by atoms with E-state index in [1.807, 2.05) is 49.7 Å². The van der Waals surface area contributed by atoms with E-state index in [0.717, 1.165) is 23.4 Å². The largest absolute Gasteiger partial charge is 0.394 e. The lowest BCUT2D eigenvalue weighted by Gasteiger charge is -2.37. The SMILES string of the molecule is Cc1cc(C)n(CC(C)NC(=O)N2CCc3ccccc3C2CO)n1. The predicted molar refractivity (Wildman–Crippen MR) is 96.4 cm³/mol. The number of amides is 2. The first-order valence-corrected chi connectivity index (χ1v) is 8.76. The first-order chi connectivity index (χ1) is 12.0. The molecule has 2 heterocycles. The van der Waals surface area contributed by atoms with Crippen molar-refractivity contribution in [1.29, 1.82) is 0 Å². The Balaban J connectivity index is 1.67. The summed E-state index contributed by atoms with van der Waals surface area (Å²) in [5, 5.41) is 17.3. The molecule has 1 aliphatic rings. The molecule has 0 saturated heterocycles. The van der Waals surface area contributed by atoms with E-state index in [1.165, 1.54) is 5.56 Å². The summed E-state index contributed by atoms with van der Waals surface area (Å²) in [6.45, 7) is 7.11. The number of rotatable bonds is 4. The van der Waals surface area contributed by atoms with Crippen molar-refractivity contribution in [2.45, 2.75) is 45.8 Å². The van der Waals surface area contributed by atoms with Gasteiger partial charge in [0, 0.05) is 18.3 Å². The fourth-order valence-corrected chi connectivity index (χ4v) is 3.55. The van der Waals surface area contributed by atoms with Crippen LogP contribution in [0.4, 0.5) is 4.79 Å². The van der Waals surface area contributed by atoms with Crippen molar-refractivity contribution in [1.82, 2.24) is 20.0 Å². The number of aryl methyl sites for hydroxylation is 2. The van der Waals surface area contributed by atoms with Crippen LogP contribution in [0.25, 0.3) is 0 Å². The number of nitrogens with zero attached hydrogens (tertiary/aromatic N) is 3. The summed E-state index contributed by atoms with van der Waals surface area (Å²) in [4.78, 5) is 14.5. The van der Waals surface area contributed by atoms with Crippen molar-refractivity contribution in [2.75, 3.05) is 13.2 Å². The Hall–Kier alpha value is -2.34. The third-order valence-corrected chi connectivity index (χ3v) is 4.77. The highest BCUT2D eigenvalue weighted by atomic mass is 16.3. The van der Waals surface area contributed by atoms with Crippen molar-refractivity contribution in [3.05, 3.63) is 52.8 Å². The summed E-state index contributed by atoms with van der Waals surface area (Å²) in [7, 11) is 0. The number of urea groups is 1. The van der Waals surface area contributed by atoms with Crippen LogP contribution in [0.5, 0.6) is 0 Å². The molecule has 6 nitrogen and oxygen atoms in total. The van der Waals surface area contributed by atoms with Crippen LogP contribution < -0.4 is 5.32 Å². The lowest BCUT2D eigenvalue weighted by molar-refractivity contribution is 0.124. The zero-order chi connectivity index (χ0) is 18.0. The summed E-state index contributed by atoms with van der Waals surface area (Å²) in [6, 6.07) is 9.56. The minimum Gasteiger partial charge on any atom is -0.394 e. The van der Waals surface area contributed by atoms with Crippen LogP contribution in [-0.2, 0) is 13.0 Å². The van der Waals surface area contributed by atoms with Gasteiger partial charge in [0.05, 0.1) is 24.9 Å². The number of carbonyl (C=O) groups is 1. The standard InChI is InChI=1S/C19H26N4O2/c1-13-10-15(3)23(21-13)11-14(2)20-19(25)22-9-8-16-6-4-5-7-17(16)18(22)12-24/h4-7,10,14,18,24H,8-9,11-12H2,1-3H3,(H,20,25). The number of fused-ring (bicyclic) bond motifs is 1. The average molecular weight is 342 g/mol. The Morgan fingerprint density at radius 3 is 2.84 bits per heavy atom. The lowest BCUT2D eigenvalue weighted by Crippen LogP contribution is -2.49. The third-order valence-electron chi connectivity index (χ3n) is 4.77. The Labute approximate surface area is 148 Å². The van der Waals surface area contributed by atoms with Gasteiger partial charge >= 0.3 is 6.03 Å². The van der Waals surface area contributed by atoms with Gasteiger partial charge in [0.25, 0.3) is 0 Å². The van der Waals surface area contributed by atoms with E-state index in [1.54, 1.807) is 4.90 Å². The van der Waals surface area contributed by atoms with Crippen molar-refractivity contribution in [2.24, 2.45) is 0 Å². The summed E-state index contributed by atoms with van der Waals surface area (Å²) in [5.74, 6) is 0. The van der Waals surface area contributed by atoms with Crippen LogP contribution in [0.15, 0.2) is 30.3 Å². The van der Waals surface area contributed by atoms with E-state index in [0.29, 0.717) is 13.1 Å². The molecule has 1 aromatic carbocycles. The highest BCUT2D eigenvalue weighted by Crippen LogP contribution is 2.29. The molecule has 25 heavy (non-hydrogen) atoms. The van der Waals surface area contributed by atoms with E-state index in [9.17, 15) is 9.90 Å². The molecule has 2 atom stereocenters. The number of carbonyl (C=O) groups excluding carboxylic acids is 1. The summed E-state index contributed by atoms with van der Waals surface area (Å²) in [5.41, 5.74) is 4.31. The maximum atomic E-state index is 12.7. The van der Waals surface area contributed by atoms with E-state index in [-0.39, 0.29) is 24.7 Å². The van der Waals surface area contributed by atoms with E-state index >= 15 is 0 Å². The fraction of sp³-hybridized carbons (Fsp3) is 0.474. The van der Waals surface area contributed by atoms with Gasteiger partial charge in [0.1, 0.15) is 0 Å². The predicted octanol–water partition coefficient (Wildman–Crippen LogP) is 2.19. The fourth-order valence-electron chi connectivity index (χ4n) is 3.55. The number of nitrogens with one attached hydrogen (secondary N) is 1. The van der Waals surface area contributed by atoms with Crippen LogP contribution in [0, 0.1) is 13.8 Å². The summed E-state index contributed by atoms with van der Waals surface area (Å²) >= 11 is 0. The molecular weight excluding hydrogens is 316 g/mol. The molecule has 3 rings (SSSR count). The highest BCUT2D eigenvalue weighted by Gasteiger charge is 2.30. The van der Waals surface area contributed by atoms with Crippen LogP contribution >= 0.6 is 0 Å². The average Bonchev–Trinajstić information content (AvgIpc) is 2.90. The van der Waals surface area contributed by atoms with Gasteiger partial charge in [-0.05, 0) is 44.4 Å². The first-order valence-electron chi connectivity index (χ1n) is 8.76. The maximum absolute atomic E-state index is 12.7. The van der Waals surface area contributed by atoms with Crippen molar-refractivity contribution in [3.8, 4) is 0 Å². The smallest absolute Gasteiger partial charge is 0.318 e. The molecule has 1 aliphatic heterocycles. The zero-order valence-corrected chi connectivity index (χ0v) is 15.1. The molecule has 2 aromatic rings. The number of benzene rings is 1. The second kappa shape index (κ2) is 7.27. The quantitative estimate of drug-likeness (QED) is 0.895. The van der Waals surface area contributed by atoms with Gasteiger partial charge < -0.3 is 15.3 Å². The van der Waals surface area contributed by atoms with Gasteiger partial charge in [-0.25, -0.2) is 4.79 Å². The zero-order valence-electron chi connectivity index (χ0n) is 15.1. The highest BCUT2D eigenvalue weighted by molar-refractivity contribution is 5.75. The molecule has 0 bridgehead atoms. The molecular formula is C19H26N4O2. The van der Waals surface area contributed by atoms with Crippen LogP contribution in [-0.4, -0.2) is 45.0 Å². The van der Waals surface area contributed by atoms with Gasteiger partial charge in [-0.2, -0.15) is 5.10 Å². The minimum absolute atomic E-state index is 0.0537. The molecule has 2 unspecified atom stereocenters. The molecule has 2 N–H and O–H groups in total. The van der Waals surface area contributed by atoms with Crippen molar-refractivity contribution < 1.29 is 9.90 Å². The monoisotopic (exact) mass is 342 g/mol. The van der Waals surface area contributed by atoms with Gasteiger partial charge in [-0.3, -0.25) is 4.68 Å². The van der Waals surface area contributed by atoms with Gasteiger partial charge in [-0.1, -0.05) is 24.3 Å². The second-order valence-corrected chi connectivity index (χ2v) is 6.80. The van der Waals surface area contributed by atoms with Crippen LogP contribution in [0.3, 0.4) is 0 Å². The molecule has 0 saturated carbocycles. The molecule has 1 aromatic heterocycles. The summed E-state index contributed by atoms with van der Waals surface area (Å²) in [6.07, 6.45) is 0.811. The number of aliphatic hydroxyl groups excluding tert-OH is 1. The molecule has 0 radical (unpaired) electrons. The van der Waals surface area contributed by atoms with Crippen molar-refractivity contribution >= 4 is 6.03 Å². The Morgan fingerprint density at radius 2 is 2.16 bits per heavy atom. The topological polar surface area (TPSA) is 70.4 Å². The molecule has 134 valence electrons. The Morgan fingerprint density at radius 1 is 1.40 bits per heavy atom. The first kappa shape index (κ1) is 17.5. The molecule has 0 spiro atoms. The van der Waals surface area contributed by atoms with E-state index < -0.39 is 0 Å². The number of hydrogen-bond acceptors (Lipinski definition) is 3. The molecule has 6 heteroatoms. The summed E-state index contributed by atoms with van der Waals surface area (Å²) < 4.78 is 1.91. The van der Waals surface area contributed by atoms with E-state index in [2.05, 4.69) is 16.5 Å². The molecule has 0 aliphatic carbocycles. The van der Waals surface area contributed by atoms with Crippen LogP contribution in [0.2, 0.25) is 0 Å². The van der Waals surface area contributed by atoms with Crippen molar-refractivity contribution in [3.63, 3.8) is 0 Å². The van der Waals surface area contributed by atoms with Gasteiger partial charge in [0.2, 0.25) is 0 Å².